The molecule has 0 radical (unpaired) electrons. The molecule has 8 nitrogen and oxygen atoms in total. The number of amides is 1. The minimum absolute atomic E-state index is 0.0311. The van der Waals surface area contributed by atoms with E-state index in [4.69, 9.17) is 4.52 Å². The van der Waals surface area contributed by atoms with Gasteiger partial charge in [-0.2, -0.15) is 0 Å². The molecule has 1 saturated heterocycles. The number of nitrogens with zero attached hydrogens (tertiary/aromatic N) is 5. The second-order valence-corrected chi connectivity index (χ2v) is 6.70. The number of rotatable bonds is 6. The highest BCUT2D eigenvalue weighted by Gasteiger charge is 2.24. The van der Waals surface area contributed by atoms with E-state index >= 15 is 0 Å². The van der Waals surface area contributed by atoms with Crippen molar-refractivity contribution >= 4 is 11.7 Å². The Morgan fingerprint density at radius 2 is 2.28 bits per heavy atom. The first-order chi connectivity index (χ1) is 12.0. The maximum absolute atomic E-state index is 12.0. The van der Waals surface area contributed by atoms with E-state index in [2.05, 4.69) is 36.7 Å². The van der Waals surface area contributed by atoms with Gasteiger partial charge in [0.25, 0.3) is 0 Å². The van der Waals surface area contributed by atoms with Crippen LogP contribution in [0.1, 0.15) is 24.9 Å². The van der Waals surface area contributed by atoms with E-state index in [0.29, 0.717) is 24.0 Å². The number of hydrogen-bond acceptors (Lipinski definition) is 6. The lowest BCUT2D eigenvalue weighted by Gasteiger charge is -2.39. The number of nitrogens with one attached hydrogen (secondary N) is 1. The molecule has 1 fully saturated rings. The van der Waals surface area contributed by atoms with Crippen LogP contribution in [0.4, 0.5) is 5.82 Å². The second-order valence-electron chi connectivity index (χ2n) is 6.70. The molecule has 1 N–H and O–H groups in total. The standard InChI is InChI=1S/C17H26N6O2/c1-13-11-22(6-4-17(24)19-15-10-14(2)25-20-15)8-9-23(13)12-16-18-5-7-21(16)3/h5,7,10,13H,4,6,8-9,11-12H2,1-3H3,(H,19,20,24)/t13-/m0/s1. The van der Waals surface area contributed by atoms with Gasteiger partial charge in [0.15, 0.2) is 5.82 Å². The summed E-state index contributed by atoms with van der Waals surface area (Å²) in [6, 6.07) is 2.16. The summed E-state index contributed by atoms with van der Waals surface area (Å²) in [4.78, 5) is 21.2. The molecule has 1 atom stereocenters. The average molecular weight is 346 g/mol. The highest BCUT2D eigenvalue weighted by Crippen LogP contribution is 2.13. The third-order valence-corrected chi connectivity index (χ3v) is 4.67. The summed E-state index contributed by atoms with van der Waals surface area (Å²) in [5.74, 6) is 2.22. The molecule has 0 bridgehead atoms. The fourth-order valence-corrected chi connectivity index (χ4v) is 3.13. The zero-order valence-corrected chi connectivity index (χ0v) is 15.1. The zero-order chi connectivity index (χ0) is 17.8. The molecule has 0 aliphatic carbocycles. The van der Waals surface area contributed by atoms with Gasteiger partial charge in [-0.25, -0.2) is 4.98 Å². The SMILES string of the molecule is Cc1cc(NC(=O)CCN2CCN(Cc3nccn3C)[C@@H](C)C2)no1. The van der Waals surface area contributed by atoms with Crippen LogP contribution in [0.3, 0.4) is 0 Å². The van der Waals surface area contributed by atoms with Crippen molar-refractivity contribution in [2.24, 2.45) is 7.05 Å². The molecular formula is C17H26N6O2. The molecule has 0 unspecified atom stereocenters. The maximum atomic E-state index is 12.0. The molecule has 25 heavy (non-hydrogen) atoms. The zero-order valence-electron chi connectivity index (χ0n) is 15.1. The van der Waals surface area contributed by atoms with Gasteiger partial charge >= 0.3 is 0 Å². The number of carbonyl (C=O) groups excluding carboxylic acids is 1. The lowest BCUT2D eigenvalue weighted by molar-refractivity contribution is -0.116. The van der Waals surface area contributed by atoms with Crippen LogP contribution in [0.5, 0.6) is 0 Å². The van der Waals surface area contributed by atoms with Crippen molar-refractivity contribution in [3.05, 3.63) is 30.0 Å². The van der Waals surface area contributed by atoms with E-state index in [-0.39, 0.29) is 5.91 Å². The van der Waals surface area contributed by atoms with Gasteiger partial charge < -0.3 is 19.3 Å². The Bertz CT molecular complexity index is 710. The minimum atomic E-state index is -0.0311. The minimum Gasteiger partial charge on any atom is -0.360 e. The van der Waals surface area contributed by atoms with Crippen molar-refractivity contribution < 1.29 is 9.32 Å². The summed E-state index contributed by atoms with van der Waals surface area (Å²) in [5.41, 5.74) is 0. The van der Waals surface area contributed by atoms with E-state index in [1.54, 1.807) is 13.0 Å². The van der Waals surface area contributed by atoms with Gasteiger partial charge in [0.1, 0.15) is 11.6 Å². The molecule has 1 aliphatic heterocycles. The van der Waals surface area contributed by atoms with Gasteiger partial charge in [-0.3, -0.25) is 9.69 Å². The topological polar surface area (TPSA) is 79.4 Å². The van der Waals surface area contributed by atoms with Crippen LogP contribution in [-0.4, -0.2) is 62.6 Å². The fraction of sp³-hybridized carbons (Fsp3) is 0.588. The van der Waals surface area contributed by atoms with Crippen LogP contribution in [0.25, 0.3) is 0 Å². The molecule has 1 aliphatic rings. The summed E-state index contributed by atoms with van der Waals surface area (Å²) >= 11 is 0. The number of hydrogen-bond donors (Lipinski definition) is 1. The summed E-state index contributed by atoms with van der Waals surface area (Å²) < 4.78 is 7.01. The smallest absolute Gasteiger partial charge is 0.226 e. The number of imidazole rings is 1. The van der Waals surface area contributed by atoms with Gasteiger partial charge in [-0.1, -0.05) is 5.16 Å². The summed E-state index contributed by atoms with van der Waals surface area (Å²) in [7, 11) is 2.03. The number of piperazine rings is 1. The van der Waals surface area contributed by atoms with Crippen molar-refractivity contribution in [2.45, 2.75) is 32.9 Å². The van der Waals surface area contributed by atoms with E-state index < -0.39 is 0 Å². The van der Waals surface area contributed by atoms with Crippen LogP contribution < -0.4 is 5.32 Å². The molecule has 136 valence electrons. The maximum Gasteiger partial charge on any atom is 0.226 e. The molecule has 0 saturated carbocycles. The van der Waals surface area contributed by atoms with Crippen molar-refractivity contribution in [2.75, 3.05) is 31.5 Å². The van der Waals surface area contributed by atoms with Crippen LogP contribution in [0.2, 0.25) is 0 Å². The average Bonchev–Trinajstić information content (AvgIpc) is 3.16. The van der Waals surface area contributed by atoms with E-state index in [0.717, 1.165) is 38.5 Å². The lowest BCUT2D eigenvalue weighted by Crippen LogP contribution is -2.52. The normalized spacial score (nSPS) is 19.2. The third kappa shape index (κ3) is 4.67. The molecule has 1 amide bonds. The van der Waals surface area contributed by atoms with Crippen LogP contribution in [0, 0.1) is 6.92 Å². The highest BCUT2D eigenvalue weighted by atomic mass is 16.5. The van der Waals surface area contributed by atoms with E-state index in [1.165, 1.54) is 0 Å². The van der Waals surface area contributed by atoms with Gasteiger partial charge in [0.2, 0.25) is 5.91 Å². The summed E-state index contributed by atoms with van der Waals surface area (Å²) in [6.45, 7) is 8.56. The van der Waals surface area contributed by atoms with Gasteiger partial charge in [-0.05, 0) is 13.8 Å². The van der Waals surface area contributed by atoms with Gasteiger partial charge in [-0.15, -0.1) is 0 Å². The Kier molecular flexibility index (Phi) is 5.50. The van der Waals surface area contributed by atoms with E-state index in [9.17, 15) is 4.79 Å². The van der Waals surface area contributed by atoms with Gasteiger partial charge in [0, 0.05) is 64.1 Å². The van der Waals surface area contributed by atoms with Crippen molar-refractivity contribution in [3.63, 3.8) is 0 Å². The van der Waals surface area contributed by atoms with Crippen LogP contribution >= 0.6 is 0 Å². The van der Waals surface area contributed by atoms with Crippen LogP contribution in [0.15, 0.2) is 23.0 Å². The molecule has 0 aromatic carbocycles. The molecule has 2 aromatic heterocycles. The molecule has 3 heterocycles. The predicted molar refractivity (Wildman–Crippen MR) is 94.0 cm³/mol. The molecule has 0 spiro atoms. The number of carbonyl (C=O) groups is 1. The lowest BCUT2D eigenvalue weighted by atomic mass is 10.2. The van der Waals surface area contributed by atoms with Crippen molar-refractivity contribution in [1.82, 2.24) is 24.5 Å². The van der Waals surface area contributed by atoms with Crippen molar-refractivity contribution in [3.8, 4) is 0 Å². The molecule has 8 heteroatoms. The van der Waals surface area contributed by atoms with Crippen molar-refractivity contribution in [1.29, 1.82) is 0 Å². The fourth-order valence-electron chi connectivity index (χ4n) is 3.13. The highest BCUT2D eigenvalue weighted by molar-refractivity contribution is 5.89. The first kappa shape index (κ1) is 17.6. The third-order valence-electron chi connectivity index (χ3n) is 4.67. The Morgan fingerprint density at radius 3 is 2.92 bits per heavy atom. The van der Waals surface area contributed by atoms with Gasteiger partial charge in [0.05, 0.1) is 6.54 Å². The quantitative estimate of drug-likeness (QED) is 0.848. The van der Waals surface area contributed by atoms with Crippen LogP contribution in [-0.2, 0) is 18.4 Å². The second kappa shape index (κ2) is 7.79. The first-order valence-corrected chi connectivity index (χ1v) is 8.67. The Morgan fingerprint density at radius 1 is 1.44 bits per heavy atom. The largest absolute Gasteiger partial charge is 0.360 e. The Hall–Kier alpha value is -2.19. The molecule has 2 aromatic rings. The molecule has 3 rings (SSSR count). The summed E-state index contributed by atoms with van der Waals surface area (Å²) in [5, 5.41) is 6.55. The Balaban J connectivity index is 1.42. The Labute approximate surface area is 147 Å². The molecular weight excluding hydrogens is 320 g/mol. The number of aromatic nitrogens is 3. The monoisotopic (exact) mass is 346 g/mol. The summed E-state index contributed by atoms with van der Waals surface area (Å²) in [6.07, 6.45) is 4.27. The predicted octanol–water partition coefficient (Wildman–Crippen LogP) is 1.25. The first-order valence-electron chi connectivity index (χ1n) is 8.67. The van der Waals surface area contributed by atoms with E-state index in [1.807, 2.05) is 19.4 Å². The number of anilines is 1. The number of aryl methyl sites for hydroxylation is 2.